The number of nitrogens with zero attached hydrogens (tertiary/aromatic N) is 3. The lowest BCUT2D eigenvalue weighted by Gasteiger charge is -2.03. The smallest absolute Gasteiger partial charge is 0.205 e. The van der Waals surface area contributed by atoms with Crippen molar-refractivity contribution in [3.05, 3.63) is 45.0 Å². The van der Waals surface area contributed by atoms with Crippen molar-refractivity contribution < 1.29 is 4.79 Å². The molecule has 2 rings (SSSR count). The largest absolute Gasteiger partial charge is 0.383 e. The van der Waals surface area contributed by atoms with E-state index in [1.807, 2.05) is 20.2 Å². The molecule has 0 aliphatic carbocycles. The molecule has 2 heterocycles. The monoisotopic (exact) mass is 375 g/mol. The molecular formula is C12H11ClIN3O. The first-order valence-electron chi connectivity index (χ1n) is 5.20. The number of aromatic nitrogens is 2. The molecule has 0 bridgehead atoms. The minimum absolute atomic E-state index is 0.103. The maximum Gasteiger partial charge on any atom is 0.205 e. The van der Waals surface area contributed by atoms with E-state index in [2.05, 4.69) is 27.6 Å². The van der Waals surface area contributed by atoms with E-state index in [4.69, 9.17) is 11.6 Å². The van der Waals surface area contributed by atoms with Gasteiger partial charge in [-0.1, -0.05) is 11.6 Å². The maximum absolute atomic E-state index is 12.0. The predicted molar refractivity (Wildman–Crippen MR) is 80.1 cm³/mol. The lowest BCUT2D eigenvalue weighted by molar-refractivity contribution is 0.104. The number of ketones is 1. The molecule has 4 nitrogen and oxygen atoms in total. The summed E-state index contributed by atoms with van der Waals surface area (Å²) in [4.78, 5) is 18.1. The van der Waals surface area contributed by atoms with Crippen LogP contribution in [0.4, 0.5) is 0 Å². The number of imidazole rings is 1. The summed E-state index contributed by atoms with van der Waals surface area (Å²) in [5.41, 5.74) is 1.24. The fraction of sp³-hybridized carbons (Fsp3) is 0.167. The van der Waals surface area contributed by atoms with Crippen LogP contribution in [-0.2, 0) is 0 Å². The van der Waals surface area contributed by atoms with Gasteiger partial charge < -0.3 is 4.90 Å². The molecule has 0 aliphatic rings. The van der Waals surface area contributed by atoms with Crippen LogP contribution < -0.4 is 0 Å². The second-order valence-electron chi connectivity index (χ2n) is 3.99. The Kier molecular flexibility index (Phi) is 3.91. The molecule has 0 fully saturated rings. The summed E-state index contributed by atoms with van der Waals surface area (Å²) in [6, 6.07) is 1.81. The Labute approximate surface area is 123 Å². The number of carbonyl (C=O) groups excluding carboxylic acids is 1. The maximum atomic E-state index is 12.0. The topological polar surface area (TPSA) is 37.6 Å². The summed E-state index contributed by atoms with van der Waals surface area (Å²) in [7, 11) is 3.72. The van der Waals surface area contributed by atoms with Crippen molar-refractivity contribution in [2.24, 2.45) is 0 Å². The SMILES string of the molecule is CN(C)C=CC(=O)c1cnc2c(I)cc(Cl)cn12. The number of rotatable bonds is 3. The number of hydrogen-bond donors (Lipinski definition) is 0. The van der Waals surface area contributed by atoms with Crippen LogP contribution in [0, 0.1) is 3.57 Å². The van der Waals surface area contributed by atoms with Gasteiger partial charge in [0.05, 0.1) is 14.8 Å². The Balaban J connectivity index is 2.49. The van der Waals surface area contributed by atoms with Crippen LogP contribution >= 0.6 is 34.2 Å². The Morgan fingerprint density at radius 3 is 2.94 bits per heavy atom. The van der Waals surface area contributed by atoms with Gasteiger partial charge in [-0.15, -0.1) is 0 Å². The number of hydrogen-bond acceptors (Lipinski definition) is 3. The molecule has 2 aromatic heterocycles. The summed E-state index contributed by atoms with van der Waals surface area (Å²) in [5.74, 6) is -0.103. The van der Waals surface area contributed by atoms with Crippen LogP contribution in [-0.4, -0.2) is 34.2 Å². The van der Waals surface area contributed by atoms with Gasteiger partial charge in [0, 0.05) is 32.6 Å². The van der Waals surface area contributed by atoms with Gasteiger partial charge in [-0.2, -0.15) is 0 Å². The van der Waals surface area contributed by atoms with Crippen molar-refractivity contribution in [1.82, 2.24) is 14.3 Å². The average molecular weight is 376 g/mol. The highest BCUT2D eigenvalue weighted by Gasteiger charge is 2.12. The van der Waals surface area contributed by atoms with Gasteiger partial charge in [-0.05, 0) is 28.7 Å². The molecule has 2 aromatic rings. The molecule has 18 heavy (non-hydrogen) atoms. The fourth-order valence-corrected chi connectivity index (χ4v) is 2.62. The summed E-state index contributed by atoms with van der Waals surface area (Å²) in [6.45, 7) is 0. The van der Waals surface area contributed by atoms with Crippen molar-refractivity contribution in [2.75, 3.05) is 14.1 Å². The first kappa shape index (κ1) is 13.4. The lowest BCUT2D eigenvalue weighted by atomic mass is 10.3. The molecular weight excluding hydrogens is 365 g/mol. The molecule has 6 heteroatoms. The van der Waals surface area contributed by atoms with Crippen LogP contribution in [0.25, 0.3) is 5.65 Å². The Hall–Kier alpha value is -1.08. The average Bonchev–Trinajstić information content (AvgIpc) is 2.69. The highest BCUT2D eigenvalue weighted by Crippen LogP contribution is 2.20. The van der Waals surface area contributed by atoms with Crippen molar-refractivity contribution in [2.45, 2.75) is 0 Å². The molecule has 0 aromatic carbocycles. The van der Waals surface area contributed by atoms with E-state index in [-0.39, 0.29) is 5.78 Å². The highest BCUT2D eigenvalue weighted by atomic mass is 127. The third-order valence-corrected chi connectivity index (χ3v) is 3.30. The van der Waals surface area contributed by atoms with Crippen molar-refractivity contribution >= 4 is 45.6 Å². The minimum atomic E-state index is -0.103. The first-order valence-corrected chi connectivity index (χ1v) is 6.66. The summed E-state index contributed by atoms with van der Waals surface area (Å²) < 4.78 is 2.63. The first-order chi connectivity index (χ1) is 8.49. The molecule has 0 saturated carbocycles. The van der Waals surface area contributed by atoms with Gasteiger partial charge in [0.15, 0.2) is 5.65 Å². The normalized spacial score (nSPS) is 11.3. The van der Waals surface area contributed by atoms with E-state index < -0.39 is 0 Å². The highest BCUT2D eigenvalue weighted by molar-refractivity contribution is 14.1. The number of fused-ring (bicyclic) bond motifs is 1. The van der Waals surface area contributed by atoms with Crippen molar-refractivity contribution in [3.63, 3.8) is 0 Å². The van der Waals surface area contributed by atoms with Crippen LogP contribution in [0.3, 0.4) is 0 Å². The van der Waals surface area contributed by atoms with Crippen LogP contribution in [0.5, 0.6) is 0 Å². The van der Waals surface area contributed by atoms with Gasteiger partial charge in [0.25, 0.3) is 0 Å². The molecule has 0 amide bonds. The number of allylic oxidation sites excluding steroid dienone is 1. The second kappa shape index (κ2) is 5.27. The molecule has 94 valence electrons. The van der Waals surface area contributed by atoms with E-state index in [0.29, 0.717) is 10.7 Å². The molecule has 0 unspecified atom stereocenters. The van der Waals surface area contributed by atoms with E-state index in [0.717, 1.165) is 9.22 Å². The van der Waals surface area contributed by atoms with E-state index in [1.54, 1.807) is 27.9 Å². The van der Waals surface area contributed by atoms with Crippen molar-refractivity contribution in [1.29, 1.82) is 0 Å². The third kappa shape index (κ3) is 2.67. The zero-order chi connectivity index (χ0) is 13.3. The summed E-state index contributed by atoms with van der Waals surface area (Å²) in [6.07, 6.45) is 6.48. The van der Waals surface area contributed by atoms with Crippen LogP contribution in [0.15, 0.2) is 30.7 Å². The summed E-state index contributed by atoms with van der Waals surface area (Å²) in [5, 5.41) is 0.579. The number of carbonyl (C=O) groups is 1. The van der Waals surface area contributed by atoms with Crippen LogP contribution in [0.1, 0.15) is 10.5 Å². The van der Waals surface area contributed by atoms with Gasteiger partial charge in [0.1, 0.15) is 5.69 Å². The zero-order valence-corrected chi connectivity index (χ0v) is 12.8. The molecule has 0 spiro atoms. The Bertz CT molecular complexity index is 634. The predicted octanol–water partition coefficient (Wildman–Crippen LogP) is 2.85. The molecule has 0 radical (unpaired) electrons. The van der Waals surface area contributed by atoms with Gasteiger partial charge in [-0.3, -0.25) is 9.20 Å². The molecule has 0 saturated heterocycles. The lowest BCUT2D eigenvalue weighted by Crippen LogP contribution is -2.05. The number of halogens is 2. The van der Waals surface area contributed by atoms with E-state index in [1.165, 1.54) is 6.08 Å². The van der Waals surface area contributed by atoms with Crippen LogP contribution in [0.2, 0.25) is 5.02 Å². The van der Waals surface area contributed by atoms with E-state index >= 15 is 0 Å². The minimum Gasteiger partial charge on any atom is -0.383 e. The fourth-order valence-electron chi connectivity index (χ4n) is 1.50. The second-order valence-corrected chi connectivity index (χ2v) is 5.59. The van der Waals surface area contributed by atoms with Gasteiger partial charge >= 0.3 is 0 Å². The Morgan fingerprint density at radius 1 is 1.56 bits per heavy atom. The summed E-state index contributed by atoms with van der Waals surface area (Å²) >= 11 is 8.14. The molecule has 0 aliphatic heterocycles. The third-order valence-electron chi connectivity index (χ3n) is 2.30. The number of pyridine rings is 1. The van der Waals surface area contributed by atoms with Crippen molar-refractivity contribution in [3.8, 4) is 0 Å². The van der Waals surface area contributed by atoms with Gasteiger partial charge in [0.2, 0.25) is 5.78 Å². The van der Waals surface area contributed by atoms with E-state index in [9.17, 15) is 4.79 Å². The van der Waals surface area contributed by atoms with Gasteiger partial charge in [-0.25, -0.2) is 4.98 Å². The quantitative estimate of drug-likeness (QED) is 0.470. The standard InChI is InChI=1S/C12H11ClIN3O/c1-16(2)4-3-11(18)10-6-15-12-9(14)5-8(13)7-17(10)12/h3-7H,1-2H3. The molecule has 0 N–H and O–H groups in total. The molecule has 0 atom stereocenters. The Morgan fingerprint density at radius 2 is 2.28 bits per heavy atom. The zero-order valence-electron chi connectivity index (χ0n) is 9.89.